The molecule has 0 saturated carbocycles. The van der Waals surface area contributed by atoms with Gasteiger partial charge in [0.2, 0.25) is 0 Å². The van der Waals surface area contributed by atoms with Crippen molar-refractivity contribution in [2.75, 3.05) is 4.90 Å². The summed E-state index contributed by atoms with van der Waals surface area (Å²) < 4.78 is 6.62. The van der Waals surface area contributed by atoms with E-state index < -0.39 is 10.8 Å². The van der Waals surface area contributed by atoms with Crippen molar-refractivity contribution in [2.45, 2.75) is 10.8 Å². The Balaban J connectivity index is 0.961. The van der Waals surface area contributed by atoms with Crippen LogP contribution in [0.5, 0.6) is 11.5 Å². The lowest BCUT2D eigenvalue weighted by atomic mass is 9.66. The molecule has 0 fully saturated rings. The van der Waals surface area contributed by atoms with E-state index in [-0.39, 0.29) is 0 Å². The van der Waals surface area contributed by atoms with Crippen LogP contribution in [0.1, 0.15) is 44.5 Å². The number of nitrogens with zero attached hydrogens (tertiary/aromatic N) is 1. The Morgan fingerprint density at radius 2 is 0.656 bits per heavy atom. The van der Waals surface area contributed by atoms with Crippen molar-refractivity contribution in [1.82, 2.24) is 0 Å². The summed E-state index contributed by atoms with van der Waals surface area (Å²) >= 11 is 0. The van der Waals surface area contributed by atoms with Gasteiger partial charge in [0.1, 0.15) is 11.5 Å². The second-order valence-electron chi connectivity index (χ2n) is 17.4. The highest BCUT2D eigenvalue weighted by atomic mass is 16.5. The molecule has 0 radical (unpaired) electrons. The molecule has 14 rings (SSSR count). The van der Waals surface area contributed by atoms with Crippen LogP contribution in [-0.2, 0) is 10.8 Å². The van der Waals surface area contributed by atoms with Gasteiger partial charge in [-0.1, -0.05) is 194 Å². The van der Waals surface area contributed by atoms with E-state index in [0.717, 1.165) is 28.6 Å². The van der Waals surface area contributed by atoms with Gasteiger partial charge in [-0.2, -0.15) is 0 Å². The molecule has 10 aromatic rings. The Labute approximate surface area is 373 Å². The zero-order valence-electron chi connectivity index (χ0n) is 34.9. The second-order valence-corrected chi connectivity index (χ2v) is 17.4. The standard InChI is InChI=1S/C62H39NO/c1-2-18-41(19-3-1)63(56-33-17-32-55-60(56)47-23-7-11-28-51(47)61(55)48-25-8-4-20-44(48)45-21-5-9-26-49(45)61)42-38-36-40(37-39-42)43-24-16-31-54-59(43)46-22-6-10-27-50(46)62(54)52-29-12-14-34-57(52)64-58-35-15-13-30-53(58)62/h1-39H. The van der Waals surface area contributed by atoms with Crippen molar-refractivity contribution in [2.24, 2.45) is 0 Å². The van der Waals surface area contributed by atoms with Crippen LogP contribution in [-0.4, -0.2) is 0 Å². The summed E-state index contributed by atoms with van der Waals surface area (Å²) in [5.74, 6) is 1.81. The van der Waals surface area contributed by atoms with Gasteiger partial charge in [0.25, 0.3) is 0 Å². The number of fused-ring (bicyclic) bond motifs is 19. The van der Waals surface area contributed by atoms with Gasteiger partial charge in [-0.15, -0.1) is 0 Å². The van der Waals surface area contributed by atoms with E-state index in [1.54, 1.807) is 0 Å². The van der Waals surface area contributed by atoms with Crippen molar-refractivity contribution in [3.63, 3.8) is 0 Å². The van der Waals surface area contributed by atoms with Crippen molar-refractivity contribution in [3.8, 4) is 56.0 Å². The highest BCUT2D eigenvalue weighted by molar-refractivity contribution is 6.02. The molecule has 64 heavy (non-hydrogen) atoms. The van der Waals surface area contributed by atoms with Gasteiger partial charge in [-0.05, 0) is 115 Å². The molecule has 10 aromatic carbocycles. The van der Waals surface area contributed by atoms with Crippen LogP contribution in [0.2, 0.25) is 0 Å². The van der Waals surface area contributed by atoms with E-state index in [1.165, 1.54) is 89.0 Å². The Bertz CT molecular complexity index is 3460. The monoisotopic (exact) mass is 813 g/mol. The van der Waals surface area contributed by atoms with Crippen LogP contribution in [0.25, 0.3) is 44.5 Å². The minimum Gasteiger partial charge on any atom is -0.457 e. The third kappa shape index (κ3) is 4.44. The third-order valence-electron chi connectivity index (χ3n) is 14.6. The average Bonchev–Trinajstić information content (AvgIpc) is 3.96. The normalized spacial score (nSPS) is 14.3. The molecule has 2 heteroatoms. The van der Waals surface area contributed by atoms with E-state index in [1.807, 2.05) is 0 Å². The fraction of sp³-hybridized carbons (Fsp3) is 0.0323. The van der Waals surface area contributed by atoms with Gasteiger partial charge in [-0.3, -0.25) is 0 Å². The molecule has 0 bridgehead atoms. The van der Waals surface area contributed by atoms with Crippen molar-refractivity contribution < 1.29 is 4.74 Å². The molecule has 0 saturated heterocycles. The number of para-hydroxylation sites is 3. The Morgan fingerprint density at radius 1 is 0.266 bits per heavy atom. The molecule has 0 N–H and O–H groups in total. The SMILES string of the molecule is c1ccc(N(c2ccc(-c3cccc4c3-c3ccccc3C43c4ccccc4Oc4ccccc43)cc2)c2cccc3c2-c2ccccc2C32c3ccccc3-c3ccccc32)cc1. The van der Waals surface area contributed by atoms with Crippen molar-refractivity contribution in [1.29, 1.82) is 0 Å². The van der Waals surface area contributed by atoms with E-state index in [2.05, 4.69) is 241 Å². The summed E-state index contributed by atoms with van der Waals surface area (Å²) in [6.07, 6.45) is 0. The maximum absolute atomic E-state index is 6.62. The molecular weight excluding hydrogens is 775 g/mol. The molecule has 3 aliphatic carbocycles. The molecular formula is C62H39NO. The summed E-state index contributed by atoms with van der Waals surface area (Å²) in [5, 5.41) is 0. The minimum atomic E-state index is -0.515. The summed E-state index contributed by atoms with van der Waals surface area (Å²) in [4.78, 5) is 2.46. The summed E-state index contributed by atoms with van der Waals surface area (Å²) in [5.41, 5.74) is 22.8. The molecule has 1 aliphatic heterocycles. The van der Waals surface area contributed by atoms with Gasteiger partial charge in [0.15, 0.2) is 0 Å². The molecule has 0 aromatic heterocycles. The zero-order valence-corrected chi connectivity index (χ0v) is 34.9. The van der Waals surface area contributed by atoms with E-state index in [4.69, 9.17) is 4.74 Å². The van der Waals surface area contributed by atoms with Crippen LogP contribution in [0, 0.1) is 0 Å². The Hall–Kier alpha value is -8.20. The highest BCUT2D eigenvalue weighted by Crippen LogP contribution is 2.66. The first-order valence-corrected chi connectivity index (χ1v) is 22.3. The van der Waals surface area contributed by atoms with Gasteiger partial charge in [-0.25, -0.2) is 0 Å². The van der Waals surface area contributed by atoms with E-state index in [0.29, 0.717) is 0 Å². The number of ether oxygens (including phenoxy) is 1. The van der Waals surface area contributed by atoms with Gasteiger partial charge in [0.05, 0.1) is 16.5 Å². The molecule has 298 valence electrons. The predicted molar refractivity (Wildman–Crippen MR) is 260 cm³/mol. The molecule has 1 heterocycles. The number of hydrogen-bond donors (Lipinski definition) is 0. The first kappa shape index (κ1) is 35.4. The maximum Gasteiger partial charge on any atom is 0.132 e. The third-order valence-corrected chi connectivity index (χ3v) is 14.6. The Kier molecular flexibility index (Phi) is 7.28. The number of rotatable bonds is 4. The average molecular weight is 814 g/mol. The van der Waals surface area contributed by atoms with Gasteiger partial charge in [0, 0.05) is 28.1 Å². The largest absolute Gasteiger partial charge is 0.457 e. The first-order valence-electron chi connectivity index (χ1n) is 22.3. The summed E-state index contributed by atoms with van der Waals surface area (Å²) in [6, 6.07) is 87.3. The quantitative estimate of drug-likeness (QED) is 0.175. The topological polar surface area (TPSA) is 12.5 Å². The lowest BCUT2D eigenvalue weighted by molar-refractivity contribution is 0.436. The maximum atomic E-state index is 6.62. The first-order chi connectivity index (χ1) is 31.8. The molecule has 2 nitrogen and oxygen atoms in total. The van der Waals surface area contributed by atoms with Crippen LogP contribution in [0.4, 0.5) is 17.1 Å². The summed E-state index contributed by atoms with van der Waals surface area (Å²) in [6.45, 7) is 0. The molecule has 0 unspecified atom stereocenters. The molecule has 0 amide bonds. The van der Waals surface area contributed by atoms with Crippen LogP contribution in [0.15, 0.2) is 237 Å². The molecule has 0 atom stereocenters. The number of hydrogen-bond acceptors (Lipinski definition) is 2. The fourth-order valence-electron chi connectivity index (χ4n) is 12.2. The van der Waals surface area contributed by atoms with Crippen LogP contribution < -0.4 is 9.64 Å². The number of benzene rings is 10. The van der Waals surface area contributed by atoms with Crippen LogP contribution in [0.3, 0.4) is 0 Å². The Morgan fingerprint density at radius 3 is 1.25 bits per heavy atom. The number of anilines is 3. The zero-order chi connectivity index (χ0) is 42.0. The predicted octanol–water partition coefficient (Wildman–Crippen LogP) is 15.6. The molecule has 4 aliphatic rings. The van der Waals surface area contributed by atoms with Crippen molar-refractivity contribution in [3.05, 3.63) is 281 Å². The van der Waals surface area contributed by atoms with E-state index >= 15 is 0 Å². The van der Waals surface area contributed by atoms with E-state index in [9.17, 15) is 0 Å². The lowest BCUT2D eigenvalue weighted by Gasteiger charge is -2.39. The minimum absolute atomic E-state index is 0.422. The van der Waals surface area contributed by atoms with Crippen LogP contribution >= 0.6 is 0 Å². The summed E-state index contributed by atoms with van der Waals surface area (Å²) in [7, 11) is 0. The second kappa shape index (κ2) is 13.2. The van der Waals surface area contributed by atoms with Gasteiger partial charge >= 0.3 is 0 Å². The van der Waals surface area contributed by atoms with Crippen molar-refractivity contribution >= 4 is 17.1 Å². The highest BCUT2D eigenvalue weighted by Gasteiger charge is 2.53. The fourth-order valence-corrected chi connectivity index (χ4v) is 12.2. The lowest BCUT2D eigenvalue weighted by Crippen LogP contribution is -2.32. The smallest absolute Gasteiger partial charge is 0.132 e. The molecule has 2 spiro atoms. The van der Waals surface area contributed by atoms with Gasteiger partial charge < -0.3 is 9.64 Å².